The van der Waals surface area contributed by atoms with Gasteiger partial charge in [0, 0.05) is 0 Å². The van der Waals surface area contributed by atoms with Crippen molar-refractivity contribution in [2.24, 2.45) is 0 Å². The van der Waals surface area contributed by atoms with Crippen LogP contribution in [0.5, 0.6) is 5.75 Å². The Labute approximate surface area is 101 Å². The number of benzene rings is 2. The Morgan fingerprint density at radius 3 is 2.35 bits per heavy atom. The Morgan fingerprint density at radius 1 is 0.941 bits per heavy atom. The van der Waals surface area contributed by atoms with E-state index in [0.717, 1.165) is 22.4 Å². The molecule has 88 valence electrons. The minimum atomic E-state index is 0.0744. The summed E-state index contributed by atoms with van der Waals surface area (Å²) in [6.07, 6.45) is 0. The van der Waals surface area contributed by atoms with Gasteiger partial charge < -0.3 is 9.84 Å². The van der Waals surface area contributed by atoms with Crippen molar-refractivity contribution in [2.45, 2.75) is 20.1 Å². The first-order chi connectivity index (χ1) is 8.31. The van der Waals surface area contributed by atoms with Crippen molar-refractivity contribution in [1.82, 2.24) is 0 Å². The van der Waals surface area contributed by atoms with Gasteiger partial charge in [-0.1, -0.05) is 36.4 Å². The Morgan fingerprint density at radius 2 is 1.65 bits per heavy atom. The SMILES string of the molecule is Cc1c(CO)cccc1COc1ccccc1. The average Bonchev–Trinajstić information content (AvgIpc) is 2.39. The van der Waals surface area contributed by atoms with Crippen LogP contribution >= 0.6 is 0 Å². The van der Waals surface area contributed by atoms with Crippen molar-refractivity contribution < 1.29 is 9.84 Å². The van der Waals surface area contributed by atoms with Crippen LogP contribution in [0.3, 0.4) is 0 Å². The molecule has 2 nitrogen and oxygen atoms in total. The summed E-state index contributed by atoms with van der Waals surface area (Å²) in [7, 11) is 0. The van der Waals surface area contributed by atoms with Crippen LogP contribution in [0.1, 0.15) is 16.7 Å². The molecule has 0 saturated heterocycles. The number of aliphatic hydroxyl groups excluding tert-OH is 1. The lowest BCUT2D eigenvalue weighted by Gasteiger charge is -2.11. The molecule has 2 aromatic carbocycles. The van der Waals surface area contributed by atoms with Crippen LogP contribution in [-0.4, -0.2) is 5.11 Å². The lowest BCUT2D eigenvalue weighted by atomic mass is 10.0. The highest BCUT2D eigenvalue weighted by Crippen LogP contribution is 2.17. The molecule has 2 rings (SSSR count). The smallest absolute Gasteiger partial charge is 0.119 e. The largest absolute Gasteiger partial charge is 0.489 e. The fourth-order valence-corrected chi connectivity index (χ4v) is 1.74. The summed E-state index contributed by atoms with van der Waals surface area (Å²) in [6.45, 7) is 2.62. The summed E-state index contributed by atoms with van der Waals surface area (Å²) in [5.41, 5.74) is 3.17. The van der Waals surface area contributed by atoms with Crippen molar-refractivity contribution in [1.29, 1.82) is 0 Å². The van der Waals surface area contributed by atoms with Crippen LogP contribution in [0.2, 0.25) is 0 Å². The van der Waals surface area contributed by atoms with Crippen LogP contribution in [0.4, 0.5) is 0 Å². The molecule has 0 unspecified atom stereocenters. The van der Waals surface area contributed by atoms with Crippen molar-refractivity contribution in [3.05, 3.63) is 65.2 Å². The van der Waals surface area contributed by atoms with Crippen molar-refractivity contribution >= 4 is 0 Å². The molecule has 0 aliphatic rings. The zero-order chi connectivity index (χ0) is 12.1. The molecule has 0 fully saturated rings. The number of para-hydroxylation sites is 1. The summed E-state index contributed by atoms with van der Waals surface area (Å²) >= 11 is 0. The fourth-order valence-electron chi connectivity index (χ4n) is 1.74. The number of hydrogen-bond donors (Lipinski definition) is 1. The molecule has 0 bridgehead atoms. The van der Waals surface area contributed by atoms with Crippen LogP contribution < -0.4 is 4.74 Å². The molecule has 0 spiro atoms. The number of ether oxygens (including phenoxy) is 1. The van der Waals surface area contributed by atoms with E-state index in [2.05, 4.69) is 0 Å². The third kappa shape index (κ3) is 2.86. The quantitative estimate of drug-likeness (QED) is 0.871. The summed E-state index contributed by atoms with van der Waals surface area (Å²) in [6, 6.07) is 15.6. The zero-order valence-corrected chi connectivity index (χ0v) is 9.89. The van der Waals surface area contributed by atoms with Crippen molar-refractivity contribution in [3.63, 3.8) is 0 Å². The topological polar surface area (TPSA) is 29.5 Å². The Bertz CT molecular complexity index is 478. The standard InChI is InChI=1S/C15H16O2/c1-12-13(10-16)6-5-7-14(12)11-17-15-8-3-2-4-9-15/h2-9,16H,10-11H2,1H3. The maximum atomic E-state index is 9.19. The van der Waals surface area contributed by atoms with Gasteiger partial charge in [-0.25, -0.2) is 0 Å². The highest BCUT2D eigenvalue weighted by molar-refractivity contribution is 5.33. The summed E-state index contributed by atoms with van der Waals surface area (Å²) < 4.78 is 5.69. The van der Waals surface area contributed by atoms with Gasteiger partial charge >= 0.3 is 0 Å². The molecular formula is C15H16O2. The Hall–Kier alpha value is -1.80. The number of rotatable bonds is 4. The second kappa shape index (κ2) is 5.51. The first kappa shape index (κ1) is 11.7. The van der Waals surface area contributed by atoms with Gasteiger partial charge in [-0.3, -0.25) is 0 Å². The molecule has 0 amide bonds. The molecule has 2 heteroatoms. The van der Waals surface area contributed by atoms with Crippen molar-refractivity contribution in [2.75, 3.05) is 0 Å². The Kier molecular flexibility index (Phi) is 3.78. The van der Waals surface area contributed by atoms with Gasteiger partial charge in [0.1, 0.15) is 12.4 Å². The van der Waals surface area contributed by atoms with Gasteiger partial charge in [0.15, 0.2) is 0 Å². The molecule has 0 aliphatic carbocycles. The summed E-state index contributed by atoms with van der Waals surface area (Å²) in [4.78, 5) is 0. The van der Waals surface area contributed by atoms with E-state index in [0.29, 0.717) is 6.61 Å². The average molecular weight is 228 g/mol. The maximum Gasteiger partial charge on any atom is 0.119 e. The third-order valence-electron chi connectivity index (χ3n) is 2.87. The normalized spacial score (nSPS) is 10.2. The van der Waals surface area contributed by atoms with E-state index in [4.69, 9.17) is 4.74 Å². The van der Waals surface area contributed by atoms with E-state index in [-0.39, 0.29) is 6.61 Å². The van der Waals surface area contributed by atoms with Gasteiger partial charge in [0.25, 0.3) is 0 Å². The maximum absolute atomic E-state index is 9.19. The van der Waals surface area contributed by atoms with Gasteiger partial charge in [0.05, 0.1) is 6.61 Å². The monoisotopic (exact) mass is 228 g/mol. The minimum absolute atomic E-state index is 0.0744. The highest BCUT2D eigenvalue weighted by Gasteiger charge is 2.03. The lowest BCUT2D eigenvalue weighted by molar-refractivity contribution is 0.279. The van der Waals surface area contributed by atoms with Crippen molar-refractivity contribution in [3.8, 4) is 5.75 Å². The molecule has 0 heterocycles. The van der Waals surface area contributed by atoms with E-state index in [1.807, 2.05) is 55.5 Å². The predicted octanol–water partition coefficient (Wildman–Crippen LogP) is 3.07. The molecule has 0 atom stereocenters. The first-order valence-corrected chi connectivity index (χ1v) is 5.67. The second-order valence-electron chi connectivity index (χ2n) is 3.96. The Balaban J connectivity index is 2.09. The second-order valence-corrected chi connectivity index (χ2v) is 3.96. The molecule has 0 aromatic heterocycles. The van der Waals surface area contributed by atoms with E-state index in [1.165, 1.54) is 0 Å². The van der Waals surface area contributed by atoms with Crippen LogP contribution in [0.15, 0.2) is 48.5 Å². The number of aliphatic hydroxyl groups is 1. The van der Waals surface area contributed by atoms with E-state index >= 15 is 0 Å². The van der Waals surface area contributed by atoms with E-state index in [1.54, 1.807) is 0 Å². The van der Waals surface area contributed by atoms with Gasteiger partial charge in [-0.05, 0) is 35.7 Å². The molecule has 0 aliphatic heterocycles. The van der Waals surface area contributed by atoms with Crippen LogP contribution in [0, 0.1) is 6.92 Å². The predicted molar refractivity (Wildman–Crippen MR) is 67.9 cm³/mol. The minimum Gasteiger partial charge on any atom is -0.489 e. The van der Waals surface area contributed by atoms with Crippen LogP contribution in [0.25, 0.3) is 0 Å². The molecule has 17 heavy (non-hydrogen) atoms. The van der Waals surface area contributed by atoms with E-state index in [9.17, 15) is 5.11 Å². The summed E-state index contributed by atoms with van der Waals surface area (Å²) in [5, 5.41) is 9.19. The van der Waals surface area contributed by atoms with Gasteiger partial charge in [-0.15, -0.1) is 0 Å². The molecular weight excluding hydrogens is 212 g/mol. The molecule has 0 saturated carbocycles. The zero-order valence-electron chi connectivity index (χ0n) is 9.89. The first-order valence-electron chi connectivity index (χ1n) is 5.67. The number of hydrogen-bond acceptors (Lipinski definition) is 2. The fraction of sp³-hybridized carbons (Fsp3) is 0.200. The molecule has 0 radical (unpaired) electrons. The van der Waals surface area contributed by atoms with E-state index < -0.39 is 0 Å². The molecule has 1 N–H and O–H groups in total. The summed E-state index contributed by atoms with van der Waals surface area (Å²) in [5.74, 6) is 0.862. The molecule has 2 aromatic rings. The third-order valence-corrected chi connectivity index (χ3v) is 2.87. The lowest BCUT2D eigenvalue weighted by Crippen LogP contribution is -2.00. The van der Waals surface area contributed by atoms with Gasteiger partial charge in [0.2, 0.25) is 0 Å². The van der Waals surface area contributed by atoms with Gasteiger partial charge in [-0.2, -0.15) is 0 Å². The highest BCUT2D eigenvalue weighted by atomic mass is 16.5. The van der Waals surface area contributed by atoms with Crippen LogP contribution in [-0.2, 0) is 13.2 Å².